The van der Waals surface area contributed by atoms with Gasteiger partial charge in [0, 0.05) is 35.9 Å². The Balaban J connectivity index is 1.62. The van der Waals surface area contributed by atoms with Crippen molar-refractivity contribution in [2.24, 2.45) is 0 Å². The standard InChI is InChI=1S/C20H22ClN3O2/c1-2-11-24-18-9-8-17(12-15(18)5-10-19(24)25)23-20(26)22-13-14-3-6-16(21)7-4-14/h3-4,6-9,12H,2,5,10-11,13H2,1H3,(H2,22,23,26). The second kappa shape index (κ2) is 8.23. The molecule has 0 saturated carbocycles. The first-order chi connectivity index (χ1) is 12.6. The van der Waals surface area contributed by atoms with Gasteiger partial charge >= 0.3 is 6.03 Å². The van der Waals surface area contributed by atoms with E-state index in [1.165, 1.54) is 0 Å². The van der Waals surface area contributed by atoms with Gasteiger partial charge in [0.2, 0.25) is 5.91 Å². The molecule has 0 unspecified atom stereocenters. The van der Waals surface area contributed by atoms with Crippen molar-refractivity contribution in [3.63, 3.8) is 0 Å². The Kier molecular flexibility index (Phi) is 5.78. The number of hydrogen-bond donors (Lipinski definition) is 2. The molecule has 1 heterocycles. The molecule has 1 aliphatic heterocycles. The van der Waals surface area contributed by atoms with Gasteiger partial charge in [0.25, 0.3) is 0 Å². The summed E-state index contributed by atoms with van der Waals surface area (Å²) in [6.07, 6.45) is 2.13. The zero-order valence-electron chi connectivity index (χ0n) is 14.7. The van der Waals surface area contributed by atoms with Crippen LogP contribution in [0.2, 0.25) is 5.02 Å². The minimum absolute atomic E-state index is 0.167. The van der Waals surface area contributed by atoms with E-state index < -0.39 is 0 Å². The lowest BCUT2D eigenvalue weighted by atomic mass is 10.00. The molecule has 26 heavy (non-hydrogen) atoms. The molecular weight excluding hydrogens is 350 g/mol. The van der Waals surface area contributed by atoms with Crippen molar-refractivity contribution in [3.05, 3.63) is 58.6 Å². The number of benzene rings is 2. The molecule has 5 nitrogen and oxygen atoms in total. The second-order valence-corrected chi connectivity index (χ2v) is 6.76. The predicted molar refractivity (Wildman–Crippen MR) is 105 cm³/mol. The number of anilines is 2. The monoisotopic (exact) mass is 371 g/mol. The Morgan fingerprint density at radius 1 is 1.15 bits per heavy atom. The Labute approximate surface area is 158 Å². The number of aryl methyl sites for hydroxylation is 1. The topological polar surface area (TPSA) is 61.4 Å². The van der Waals surface area contributed by atoms with Crippen LogP contribution < -0.4 is 15.5 Å². The molecule has 6 heteroatoms. The maximum Gasteiger partial charge on any atom is 0.319 e. The van der Waals surface area contributed by atoms with Gasteiger partial charge in [-0.1, -0.05) is 30.7 Å². The first-order valence-electron chi connectivity index (χ1n) is 8.79. The van der Waals surface area contributed by atoms with Gasteiger partial charge in [0.05, 0.1) is 0 Å². The summed E-state index contributed by atoms with van der Waals surface area (Å²) in [5, 5.41) is 6.35. The van der Waals surface area contributed by atoms with Gasteiger partial charge in [0.15, 0.2) is 0 Å². The normalized spacial score (nSPS) is 13.3. The fourth-order valence-electron chi connectivity index (χ4n) is 3.07. The summed E-state index contributed by atoms with van der Waals surface area (Å²) in [7, 11) is 0. The number of carbonyl (C=O) groups is 2. The molecular formula is C20H22ClN3O2. The van der Waals surface area contributed by atoms with Crippen molar-refractivity contribution in [1.82, 2.24) is 5.32 Å². The van der Waals surface area contributed by atoms with Gasteiger partial charge in [-0.15, -0.1) is 0 Å². The number of rotatable bonds is 5. The quantitative estimate of drug-likeness (QED) is 0.820. The number of hydrogen-bond acceptors (Lipinski definition) is 2. The average molecular weight is 372 g/mol. The summed E-state index contributed by atoms with van der Waals surface area (Å²) in [6.45, 7) is 3.20. The summed E-state index contributed by atoms with van der Waals surface area (Å²) in [5.41, 5.74) is 3.75. The smallest absolute Gasteiger partial charge is 0.319 e. The molecule has 2 aromatic carbocycles. The fourth-order valence-corrected chi connectivity index (χ4v) is 3.19. The Morgan fingerprint density at radius 2 is 1.92 bits per heavy atom. The minimum atomic E-state index is -0.266. The van der Waals surface area contributed by atoms with Crippen LogP contribution >= 0.6 is 11.6 Å². The van der Waals surface area contributed by atoms with Crippen molar-refractivity contribution in [3.8, 4) is 0 Å². The van der Waals surface area contributed by atoms with E-state index in [-0.39, 0.29) is 11.9 Å². The molecule has 0 aliphatic carbocycles. The van der Waals surface area contributed by atoms with Crippen LogP contribution in [0.5, 0.6) is 0 Å². The highest BCUT2D eigenvalue weighted by atomic mass is 35.5. The molecule has 0 spiro atoms. The van der Waals surface area contributed by atoms with E-state index in [1.54, 1.807) is 12.1 Å². The van der Waals surface area contributed by atoms with Crippen LogP contribution in [0.1, 0.15) is 30.9 Å². The molecule has 2 aromatic rings. The highest BCUT2D eigenvalue weighted by Gasteiger charge is 2.23. The highest BCUT2D eigenvalue weighted by molar-refractivity contribution is 6.30. The van der Waals surface area contributed by atoms with Crippen LogP contribution in [0.4, 0.5) is 16.2 Å². The third-order valence-electron chi connectivity index (χ3n) is 4.35. The van der Waals surface area contributed by atoms with E-state index in [2.05, 4.69) is 17.6 Å². The Bertz CT molecular complexity index is 805. The van der Waals surface area contributed by atoms with E-state index in [4.69, 9.17) is 11.6 Å². The number of nitrogens with one attached hydrogen (secondary N) is 2. The lowest BCUT2D eigenvalue weighted by molar-refractivity contribution is -0.118. The molecule has 3 rings (SSSR count). The number of amides is 3. The molecule has 0 fully saturated rings. The number of carbonyl (C=O) groups excluding carboxylic acids is 2. The SMILES string of the molecule is CCCN1C(=O)CCc2cc(NC(=O)NCc3ccc(Cl)cc3)ccc21. The first-order valence-corrected chi connectivity index (χ1v) is 9.17. The van der Waals surface area contributed by atoms with Gasteiger partial charge < -0.3 is 15.5 Å². The molecule has 2 N–H and O–H groups in total. The van der Waals surface area contributed by atoms with E-state index in [9.17, 15) is 9.59 Å². The van der Waals surface area contributed by atoms with Crippen molar-refractivity contribution in [2.75, 3.05) is 16.8 Å². The molecule has 0 saturated heterocycles. The zero-order valence-corrected chi connectivity index (χ0v) is 15.5. The van der Waals surface area contributed by atoms with Crippen molar-refractivity contribution in [2.45, 2.75) is 32.7 Å². The van der Waals surface area contributed by atoms with Crippen LogP contribution in [0, 0.1) is 0 Å². The molecule has 0 atom stereocenters. The van der Waals surface area contributed by atoms with E-state index >= 15 is 0 Å². The predicted octanol–water partition coefficient (Wildman–Crippen LogP) is 4.35. The van der Waals surface area contributed by atoms with Gasteiger partial charge in [0.1, 0.15) is 0 Å². The third-order valence-corrected chi connectivity index (χ3v) is 4.60. The molecule has 0 radical (unpaired) electrons. The summed E-state index contributed by atoms with van der Waals surface area (Å²) >= 11 is 5.85. The number of nitrogens with zero attached hydrogens (tertiary/aromatic N) is 1. The van der Waals surface area contributed by atoms with Gasteiger partial charge in [-0.2, -0.15) is 0 Å². The highest BCUT2D eigenvalue weighted by Crippen LogP contribution is 2.30. The maximum absolute atomic E-state index is 12.1. The number of halogens is 1. The molecule has 3 amide bonds. The van der Waals surface area contributed by atoms with Crippen LogP contribution in [-0.2, 0) is 17.8 Å². The summed E-state index contributed by atoms with van der Waals surface area (Å²) in [6, 6.07) is 12.8. The van der Waals surface area contributed by atoms with Crippen LogP contribution in [0.25, 0.3) is 0 Å². The Morgan fingerprint density at radius 3 is 2.65 bits per heavy atom. The van der Waals surface area contributed by atoms with E-state index in [1.807, 2.05) is 35.2 Å². The summed E-state index contributed by atoms with van der Waals surface area (Å²) in [4.78, 5) is 26.1. The zero-order chi connectivity index (χ0) is 18.5. The van der Waals surface area contributed by atoms with E-state index in [0.29, 0.717) is 24.4 Å². The summed E-state index contributed by atoms with van der Waals surface area (Å²) < 4.78 is 0. The third kappa shape index (κ3) is 4.35. The maximum atomic E-state index is 12.1. The van der Waals surface area contributed by atoms with Crippen LogP contribution in [0.3, 0.4) is 0 Å². The summed E-state index contributed by atoms with van der Waals surface area (Å²) in [5.74, 6) is 0.167. The fraction of sp³-hybridized carbons (Fsp3) is 0.300. The Hall–Kier alpha value is -2.53. The minimum Gasteiger partial charge on any atom is -0.334 e. The second-order valence-electron chi connectivity index (χ2n) is 6.32. The van der Waals surface area contributed by atoms with Crippen LogP contribution in [0.15, 0.2) is 42.5 Å². The molecule has 0 bridgehead atoms. The number of urea groups is 1. The van der Waals surface area contributed by atoms with Crippen molar-refractivity contribution >= 4 is 34.9 Å². The largest absolute Gasteiger partial charge is 0.334 e. The molecule has 0 aromatic heterocycles. The van der Waals surface area contributed by atoms with Gasteiger partial charge in [-0.3, -0.25) is 4.79 Å². The van der Waals surface area contributed by atoms with Gasteiger partial charge in [-0.25, -0.2) is 4.79 Å². The average Bonchev–Trinajstić information content (AvgIpc) is 2.64. The van der Waals surface area contributed by atoms with Gasteiger partial charge in [-0.05, 0) is 54.3 Å². The lowest BCUT2D eigenvalue weighted by Gasteiger charge is -2.29. The number of fused-ring (bicyclic) bond motifs is 1. The van der Waals surface area contributed by atoms with Crippen LogP contribution in [-0.4, -0.2) is 18.5 Å². The first kappa shape index (κ1) is 18.3. The molecule has 1 aliphatic rings. The van der Waals surface area contributed by atoms with E-state index in [0.717, 1.165) is 35.5 Å². The van der Waals surface area contributed by atoms with Crippen molar-refractivity contribution < 1.29 is 9.59 Å². The molecule has 136 valence electrons. The van der Waals surface area contributed by atoms with Crippen molar-refractivity contribution in [1.29, 1.82) is 0 Å². The lowest BCUT2D eigenvalue weighted by Crippen LogP contribution is -2.35.